The first-order chi connectivity index (χ1) is 10.2. The minimum absolute atomic E-state index is 0.0445. The van der Waals surface area contributed by atoms with Gasteiger partial charge in [-0.1, -0.05) is 43.3 Å². The fraction of sp³-hybridized carbons (Fsp3) is 0.263. The minimum Gasteiger partial charge on any atom is -0.361 e. The van der Waals surface area contributed by atoms with Gasteiger partial charge in [-0.15, -0.1) is 0 Å². The summed E-state index contributed by atoms with van der Waals surface area (Å²) in [6.07, 6.45) is 2.01. The van der Waals surface area contributed by atoms with Gasteiger partial charge in [-0.05, 0) is 41.3 Å². The topological polar surface area (TPSA) is 19.0 Å². The van der Waals surface area contributed by atoms with Crippen molar-refractivity contribution in [2.24, 2.45) is 0 Å². The molecule has 0 radical (unpaired) electrons. The van der Waals surface area contributed by atoms with Crippen LogP contribution in [0, 0.1) is 0 Å². The first-order valence-electron chi connectivity index (χ1n) is 7.51. The molecule has 4 rings (SSSR count). The van der Waals surface area contributed by atoms with Gasteiger partial charge in [0.05, 0.1) is 0 Å². The highest BCUT2D eigenvalue weighted by atomic mass is 15.1. The van der Waals surface area contributed by atoms with E-state index in [1.165, 1.54) is 27.6 Å². The van der Waals surface area contributed by atoms with E-state index in [2.05, 4.69) is 72.4 Å². The standard InChI is InChI=1S/C19H20N2/c1-19(16-8-7-14-9-10-20-18(14)11-16)13-21(2)12-15-5-3-4-6-17(15)19/h3-11,20H,12-13H2,1-2H3. The molecule has 0 spiro atoms. The Bertz CT molecular complexity index is 802. The van der Waals surface area contributed by atoms with E-state index in [-0.39, 0.29) is 5.41 Å². The van der Waals surface area contributed by atoms with Crippen molar-refractivity contribution in [2.45, 2.75) is 18.9 Å². The Balaban J connectivity index is 1.92. The molecule has 3 aromatic rings. The van der Waals surface area contributed by atoms with Crippen LogP contribution in [-0.2, 0) is 12.0 Å². The molecule has 106 valence electrons. The molecule has 1 aromatic heterocycles. The number of H-pyrrole nitrogens is 1. The molecule has 1 atom stereocenters. The van der Waals surface area contributed by atoms with Gasteiger partial charge in [0.2, 0.25) is 0 Å². The molecule has 2 heteroatoms. The number of likely N-dealkylation sites (N-methyl/N-ethyl adjacent to an activating group) is 1. The van der Waals surface area contributed by atoms with Crippen LogP contribution < -0.4 is 0 Å². The van der Waals surface area contributed by atoms with Crippen molar-refractivity contribution in [1.82, 2.24) is 9.88 Å². The summed E-state index contributed by atoms with van der Waals surface area (Å²) < 4.78 is 0. The predicted octanol–water partition coefficient (Wildman–Crippen LogP) is 3.92. The van der Waals surface area contributed by atoms with Crippen molar-refractivity contribution < 1.29 is 0 Å². The second kappa shape index (κ2) is 4.47. The second-order valence-corrected chi connectivity index (χ2v) is 6.44. The summed E-state index contributed by atoms with van der Waals surface area (Å²) in [6, 6.07) is 17.8. The molecule has 1 aliphatic heterocycles. The zero-order valence-electron chi connectivity index (χ0n) is 12.6. The molecule has 0 saturated carbocycles. The van der Waals surface area contributed by atoms with E-state index >= 15 is 0 Å². The molecule has 2 heterocycles. The van der Waals surface area contributed by atoms with E-state index in [0.29, 0.717) is 0 Å². The zero-order chi connectivity index (χ0) is 14.4. The van der Waals surface area contributed by atoms with Crippen LogP contribution >= 0.6 is 0 Å². The van der Waals surface area contributed by atoms with Crippen LogP contribution in [0.1, 0.15) is 23.6 Å². The first kappa shape index (κ1) is 12.7. The molecule has 0 amide bonds. The van der Waals surface area contributed by atoms with Crippen molar-refractivity contribution in [1.29, 1.82) is 0 Å². The molecule has 2 nitrogen and oxygen atoms in total. The van der Waals surface area contributed by atoms with E-state index in [0.717, 1.165) is 13.1 Å². The molecule has 1 aliphatic rings. The third-order valence-corrected chi connectivity index (χ3v) is 4.83. The van der Waals surface area contributed by atoms with Gasteiger partial charge in [-0.25, -0.2) is 0 Å². The average molecular weight is 276 g/mol. The molecule has 21 heavy (non-hydrogen) atoms. The summed E-state index contributed by atoms with van der Waals surface area (Å²) in [6.45, 7) is 4.46. The number of rotatable bonds is 1. The number of fused-ring (bicyclic) bond motifs is 2. The lowest BCUT2D eigenvalue weighted by Crippen LogP contribution is -2.42. The molecule has 0 saturated heterocycles. The minimum atomic E-state index is 0.0445. The Hall–Kier alpha value is -2.06. The summed E-state index contributed by atoms with van der Waals surface area (Å²) in [5.41, 5.74) is 5.56. The Kier molecular flexibility index (Phi) is 2.69. The Labute approximate surface area is 125 Å². The van der Waals surface area contributed by atoms with Gasteiger partial charge in [-0.2, -0.15) is 0 Å². The average Bonchev–Trinajstić information content (AvgIpc) is 2.94. The van der Waals surface area contributed by atoms with Crippen molar-refractivity contribution in [3.05, 3.63) is 71.4 Å². The summed E-state index contributed by atoms with van der Waals surface area (Å²) in [5, 5.41) is 1.28. The number of aromatic amines is 1. The van der Waals surface area contributed by atoms with Crippen LogP contribution in [0.2, 0.25) is 0 Å². The molecule has 1 N–H and O–H groups in total. The molecular formula is C19H20N2. The summed E-state index contributed by atoms with van der Waals surface area (Å²) >= 11 is 0. The van der Waals surface area contributed by atoms with Crippen LogP contribution in [-0.4, -0.2) is 23.5 Å². The smallest absolute Gasteiger partial charge is 0.0457 e. The van der Waals surface area contributed by atoms with E-state index in [1.807, 2.05) is 6.20 Å². The van der Waals surface area contributed by atoms with Crippen LogP contribution in [0.15, 0.2) is 54.7 Å². The van der Waals surface area contributed by atoms with E-state index in [4.69, 9.17) is 0 Å². The van der Waals surface area contributed by atoms with Gasteiger partial charge in [0.1, 0.15) is 0 Å². The van der Waals surface area contributed by atoms with Crippen molar-refractivity contribution >= 4 is 10.9 Å². The SMILES string of the molecule is CN1Cc2ccccc2C(C)(c2ccc3cc[nH]c3c2)C1. The predicted molar refractivity (Wildman–Crippen MR) is 87.5 cm³/mol. The highest BCUT2D eigenvalue weighted by Crippen LogP contribution is 2.39. The summed E-state index contributed by atoms with van der Waals surface area (Å²) in [5.74, 6) is 0. The maximum absolute atomic E-state index is 3.34. The fourth-order valence-corrected chi connectivity index (χ4v) is 3.81. The van der Waals surface area contributed by atoms with Crippen LogP contribution in [0.4, 0.5) is 0 Å². The van der Waals surface area contributed by atoms with Crippen LogP contribution in [0.3, 0.4) is 0 Å². The molecule has 1 unspecified atom stereocenters. The van der Waals surface area contributed by atoms with Crippen molar-refractivity contribution in [3.63, 3.8) is 0 Å². The van der Waals surface area contributed by atoms with E-state index in [1.54, 1.807) is 0 Å². The third kappa shape index (κ3) is 1.90. The molecular weight excluding hydrogens is 256 g/mol. The van der Waals surface area contributed by atoms with E-state index in [9.17, 15) is 0 Å². The normalized spacial score (nSPS) is 22.4. The highest BCUT2D eigenvalue weighted by Gasteiger charge is 2.35. The number of nitrogens with zero attached hydrogens (tertiary/aromatic N) is 1. The number of aromatic nitrogens is 1. The van der Waals surface area contributed by atoms with Gasteiger partial charge in [0.25, 0.3) is 0 Å². The van der Waals surface area contributed by atoms with Crippen molar-refractivity contribution in [3.8, 4) is 0 Å². The number of nitrogens with one attached hydrogen (secondary N) is 1. The van der Waals surface area contributed by atoms with Gasteiger partial charge in [0.15, 0.2) is 0 Å². The maximum atomic E-state index is 3.34. The highest BCUT2D eigenvalue weighted by molar-refractivity contribution is 5.80. The lowest BCUT2D eigenvalue weighted by molar-refractivity contribution is 0.248. The Morgan fingerprint density at radius 1 is 1.10 bits per heavy atom. The lowest BCUT2D eigenvalue weighted by atomic mass is 9.72. The fourth-order valence-electron chi connectivity index (χ4n) is 3.81. The van der Waals surface area contributed by atoms with E-state index < -0.39 is 0 Å². The number of benzene rings is 2. The largest absolute Gasteiger partial charge is 0.361 e. The molecule has 2 aromatic carbocycles. The Morgan fingerprint density at radius 2 is 1.95 bits per heavy atom. The van der Waals surface area contributed by atoms with Gasteiger partial charge < -0.3 is 9.88 Å². The van der Waals surface area contributed by atoms with Gasteiger partial charge >= 0.3 is 0 Å². The van der Waals surface area contributed by atoms with Gasteiger partial charge in [-0.3, -0.25) is 0 Å². The van der Waals surface area contributed by atoms with Gasteiger partial charge in [0, 0.05) is 30.2 Å². The zero-order valence-corrected chi connectivity index (χ0v) is 12.6. The maximum Gasteiger partial charge on any atom is 0.0457 e. The first-order valence-corrected chi connectivity index (χ1v) is 7.51. The third-order valence-electron chi connectivity index (χ3n) is 4.83. The second-order valence-electron chi connectivity index (χ2n) is 6.44. The van der Waals surface area contributed by atoms with Crippen LogP contribution in [0.5, 0.6) is 0 Å². The molecule has 0 aliphatic carbocycles. The molecule has 0 fully saturated rings. The molecule has 0 bridgehead atoms. The Morgan fingerprint density at radius 3 is 2.86 bits per heavy atom. The summed E-state index contributed by atoms with van der Waals surface area (Å²) in [7, 11) is 2.21. The lowest BCUT2D eigenvalue weighted by Gasteiger charge is -2.41. The summed E-state index contributed by atoms with van der Waals surface area (Å²) in [4.78, 5) is 5.76. The monoisotopic (exact) mass is 276 g/mol. The number of hydrogen-bond donors (Lipinski definition) is 1. The van der Waals surface area contributed by atoms with Crippen LogP contribution in [0.25, 0.3) is 10.9 Å². The van der Waals surface area contributed by atoms with Crippen molar-refractivity contribution in [2.75, 3.05) is 13.6 Å². The quantitative estimate of drug-likeness (QED) is 0.714. The number of hydrogen-bond acceptors (Lipinski definition) is 1.